The maximum Gasteiger partial charge on any atom is 0.307 e. The van der Waals surface area contributed by atoms with Crippen LogP contribution in [-0.4, -0.2) is 116 Å². The van der Waals surface area contributed by atoms with Crippen LogP contribution in [0.4, 0.5) is 4.39 Å². The van der Waals surface area contributed by atoms with E-state index >= 15 is 0 Å². The lowest BCUT2D eigenvalue weighted by Gasteiger charge is -2.32. The zero-order valence-electron chi connectivity index (χ0n) is 33.9. The number of nitrogens with one attached hydrogen (secondary N) is 3. The Bertz CT molecular complexity index is 1590. The number of carbonyl (C=O) groups is 6. The molecule has 56 heavy (non-hydrogen) atoms. The Kier molecular flexibility index (Phi) is 20.0. The molecule has 5 atom stereocenters. The largest absolute Gasteiger partial charge is 0.460 e. The van der Waals surface area contributed by atoms with E-state index in [1.165, 1.54) is 24.0 Å². The fourth-order valence-corrected chi connectivity index (χ4v) is 6.00. The Morgan fingerprint density at radius 1 is 0.821 bits per heavy atom. The van der Waals surface area contributed by atoms with Crippen molar-refractivity contribution in [2.45, 2.75) is 103 Å². The number of nitrogens with zero attached hydrogens (tertiary/aromatic N) is 2. The lowest BCUT2D eigenvalue weighted by molar-refractivity contribution is -0.158. The molecule has 0 saturated heterocycles. The Morgan fingerprint density at radius 3 is 2.02 bits per heavy atom. The van der Waals surface area contributed by atoms with Gasteiger partial charge in [-0.25, -0.2) is 0 Å². The van der Waals surface area contributed by atoms with Gasteiger partial charge in [-0.05, 0) is 63.8 Å². The van der Waals surface area contributed by atoms with Gasteiger partial charge in [0.05, 0.1) is 25.6 Å². The van der Waals surface area contributed by atoms with E-state index in [9.17, 15) is 33.2 Å². The van der Waals surface area contributed by atoms with Crippen LogP contribution in [0.15, 0.2) is 54.6 Å². The number of ether oxygens (including phenoxy) is 2. The second kappa shape index (κ2) is 23.5. The van der Waals surface area contributed by atoms with Crippen LogP contribution in [0, 0.1) is 5.92 Å². The van der Waals surface area contributed by atoms with Crippen LogP contribution in [-0.2, 0) is 51.1 Å². The second-order valence-corrected chi connectivity index (χ2v) is 15.3. The minimum absolute atomic E-state index is 0.0820. The van der Waals surface area contributed by atoms with Crippen molar-refractivity contribution in [2.75, 3.05) is 41.0 Å². The van der Waals surface area contributed by atoms with E-state index in [2.05, 4.69) is 16.0 Å². The first-order chi connectivity index (χ1) is 26.4. The molecule has 0 radical (unpaired) electrons. The Labute approximate surface area is 335 Å². The molecule has 5 unspecified atom stereocenters. The van der Waals surface area contributed by atoms with E-state index < -0.39 is 72.0 Å². The molecule has 0 heterocycles. The minimum Gasteiger partial charge on any atom is -0.460 e. The molecule has 0 fully saturated rings. The SMILES string of the molecule is CCC(=O)NC(CCF)C(=O)NC(COC)C(=O)N(C)C(CC(=O)NCC(C)N(C)C(=O)C(CC(=O)OC(C)(C)C)Cc1ccccc1)Cc1ccc(Cl)cc1. The highest BCUT2D eigenvalue weighted by Crippen LogP contribution is 2.20. The van der Waals surface area contributed by atoms with Crippen LogP contribution in [0.25, 0.3) is 0 Å². The number of benzene rings is 2. The molecule has 3 N–H and O–H groups in total. The van der Waals surface area contributed by atoms with Crippen molar-refractivity contribution < 1.29 is 42.6 Å². The first-order valence-electron chi connectivity index (χ1n) is 18.8. The third-order valence-electron chi connectivity index (χ3n) is 9.13. The lowest BCUT2D eigenvalue weighted by Crippen LogP contribution is -2.57. The first-order valence-corrected chi connectivity index (χ1v) is 19.2. The molecule has 0 aliphatic heterocycles. The minimum atomic E-state index is -1.21. The fourth-order valence-electron chi connectivity index (χ4n) is 5.87. The van der Waals surface area contributed by atoms with Gasteiger partial charge >= 0.3 is 5.97 Å². The summed E-state index contributed by atoms with van der Waals surface area (Å²) in [7, 11) is 4.49. The van der Waals surface area contributed by atoms with Gasteiger partial charge in [-0.15, -0.1) is 0 Å². The molecular weight excluding hydrogens is 745 g/mol. The first kappa shape index (κ1) is 47.6. The summed E-state index contributed by atoms with van der Waals surface area (Å²) in [6.07, 6.45) is 0.116. The zero-order chi connectivity index (χ0) is 42.0. The summed E-state index contributed by atoms with van der Waals surface area (Å²) in [6.45, 7) is 7.66. The van der Waals surface area contributed by atoms with Crippen LogP contribution in [0.3, 0.4) is 0 Å². The Balaban J connectivity index is 2.22. The number of carbonyl (C=O) groups excluding carboxylic acids is 6. The maximum absolute atomic E-state index is 13.9. The van der Waals surface area contributed by atoms with E-state index in [1.54, 1.807) is 65.9 Å². The molecule has 0 bridgehead atoms. The van der Waals surface area contributed by atoms with Gasteiger partial charge in [0.1, 0.15) is 17.7 Å². The molecule has 0 aliphatic carbocycles. The number of likely N-dealkylation sites (N-methyl/N-ethyl adjacent to an activating group) is 2. The number of methoxy groups -OCH3 is 1. The van der Waals surface area contributed by atoms with Gasteiger partial charge in [-0.3, -0.25) is 33.2 Å². The van der Waals surface area contributed by atoms with Crippen molar-refractivity contribution in [1.29, 1.82) is 0 Å². The van der Waals surface area contributed by atoms with Crippen LogP contribution in [0.5, 0.6) is 0 Å². The summed E-state index contributed by atoms with van der Waals surface area (Å²) in [5.41, 5.74) is 0.970. The summed E-state index contributed by atoms with van der Waals surface area (Å²) in [5.74, 6) is -3.62. The van der Waals surface area contributed by atoms with E-state index in [4.69, 9.17) is 21.1 Å². The molecule has 310 valence electrons. The number of esters is 1. The number of halogens is 2. The summed E-state index contributed by atoms with van der Waals surface area (Å²) in [5, 5.41) is 8.45. The van der Waals surface area contributed by atoms with E-state index in [0.29, 0.717) is 11.4 Å². The molecule has 0 aliphatic rings. The van der Waals surface area contributed by atoms with Gasteiger partial charge in [0.15, 0.2) is 0 Å². The maximum atomic E-state index is 13.9. The van der Waals surface area contributed by atoms with Crippen molar-refractivity contribution >= 4 is 47.1 Å². The highest BCUT2D eigenvalue weighted by Gasteiger charge is 2.33. The van der Waals surface area contributed by atoms with E-state index in [0.717, 1.165) is 11.1 Å². The van der Waals surface area contributed by atoms with Gasteiger partial charge in [-0.2, -0.15) is 0 Å². The molecule has 0 aromatic heterocycles. The molecule has 5 amide bonds. The quantitative estimate of drug-likeness (QED) is 0.150. The average molecular weight is 804 g/mol. The van der Waals surface area contributed by atoms with Crippen molar-refractivity contribution in [3.63, 3.8) is 0 Å². The van der Waals surface area contributed by atoms with E-state index in [1.807, 2.05) is 30.3 Å². The topological polar surface area (TPSA) is 163 Å². The van der Waals surface area contributed by atoms with Crippen LogP contribution in [0.2, 0.25) is 5.02 Å². The summed E-state index contributed by atoms with van der Waals surface area (Å²) in [4.78, 5) is 82.1. The smallest absolute Gasteiger partial charge is 0.307 e. The van der Waals surface area contributed by atoms with Crippen molar-refractivity contribution in [3.8, 4) is 0 Å². The highest BCUT2D eigenvalue weighted by atomic mass is 35.5. The molecule has 2 aromatic rings. The molecule has 15 heteroatoms. The van der Waals surface area contributed by atoms with Gasteiger partial charge in [0.2, 0.25) is 29.5 Å². The predicted molar refractivity (Wildman–Crippen MR) is 212 cm³/mol. The van der Waals surface area contributed by atoms with Gasteiger partial charge in [-0.1, -0.05) is 61.0 Å². The summed E-state index contributed by atoms with van der Waals surface area (Å²) < 4.78 is 24.0. The molecule has 13 nitrogen and oxygen atoms in total. The normalized spacial score (nSPS) is 14.0. The Hall–Kier alpha value is -4.56. The molecule has 2 aromatic carbocycles. The monoisotopic (exact) mass is 803 g/mol. The number of rotatable bonds is 22. The van der Waals surface area contributed by atoms with Crippen LogP contribution < -0.4 is 16.0 Å². The van der Waals surface area contributed by atoms with Crippen molar-refractivity contribution in [1.82, 2.24) is 25.8 Å². The molecule has 0 saturated carbocycles. The Morgan fingerprint density at radius 2 is 1.45 bits per heavy atom. The van der Waals surface area contributed by atoms with Crippen molar-refractivity contribution in [3.05, 3.63) is 70.7 Å². The standard InChI is InChI=1S/C41H59ClFN5O8/c1-9-35(49)45-33(19-20-43)38(52)46-34(26-55-8)40(54)48(7)32(22-29-15-17-31(42)18-16-29)24-36(50)44-25-27(2)47(6)39(53)30(21-28-13-11-10-12-14-28)23-37(51)56-41(3,4)5/h10-18,27,30,32-34H,9,19-26H2,1-8H3,(H,44,50)(H,45,49)(H,46,52). The van der Waals surface area contributed by atoms with Gasteiger partial charge in [0, 0.05) is 64.1 Å². The third kappa shape index (κ3) is 16.7. The van der Waals surface area contributed by atoms with Crippen LogP contribution in [0.1, 0.15) is 71.4 Å². The molecule has 2 rings (SSSR count). The molecule has 0 spiro atoms. The van der Waals surface area contributed by atoms with Gasteiger partial charge in [0.25, 0.3) is 0 Å². The highest BCUT2D eigenvalue weighted by molar-refractivity contribution is 6.30. The third-order valence-corrected chi connectivity index (χ3v) is 9.38. The average Bonchev–Trinajstić information content (AvgIpc) is 3.15. The zero-order valence-corrected chi connectivity index (χ0v) is 34.6. The fraction of sp³-hybridized carbons (Fsp3) is 0.561. The molecular formula is C41H59ClFN5O8. The second-order valence-electron chi connectivity index (χ2n) is 14.9. The number of alkyl halides is 1. The summed E-state index contributed by atoms with van der Waals surface area (Å²) >= 11 is 6.10. The van der Waals surface area contributed by atoms with Crippen LogP contribution >= 0.6 is 11.6 Å². The predicted octanol–water partition coefficient (Wildman–Crippen LogP) is 4.04. The van der Waals surface area contributed by atoms with Crippen molar-refractivity contribution in [2.24, 2.45) is 5.92 Å². The number of hydrogen-bond acceptors (Lipinski definition) is 8. The van der Waals surface area contributed by atoms with Gasteiger partial charge < -0.3 is 35.2 Å². The van der Waals surface area contributed by atoms with E-state index in [-0.39, 0.29) is 51.2 Å². The lowest BCUT2D eigenvalue weighted by atomic mass is 9.94. The number of amides is 5. The summed E-state index contributed by atoms with van der Waals surface area (Å²) in [6, 6.07) is 12.8. The number of hydrogen-bond donors (Lipinski definition) is 3.